The third-order valence-electron chi connectivity index (χ3n) is 6.15. The number of esters is 1. The Morgan fingerprint density at radius 2 is 1.78 bits per heavy atom. The number of nitrogens with one attached hydrogen (secondary N) is 1. The first-order valence-corrected chi connectivity index (χ1v) is 9.95. The summed E-state index contributed by atoms with van der Waals surface area (Å²) in [4.78, 5) is 52.2. The normalized spacial score (nSPS) is 23.8. The molecule has 150 valence electrons. The zero-order valence-electron chi connectivity index (χ0n) is 16.2. The summed E-state index contributed by atoms with van der Waals surface area (Å²) in [5.41, 5.74) is -0.818. The van der Waals surface area contributed by atoms with Crippen molar-refractivity contribution in [3.05, 3.63) is 0 Å². The van der Waals surface area contributed by atoms with Crippen molar-refractivity contribution in [2.75, 3.05) is 13.6 Å². The van der Waals surface area contributed by atoms with Gasteiger partial charge in [0.1, 0.15) is 12.1 Å². The van der Waals surface area contributed by atoms with Crippen LogP contribution in [-0.4, -0.2) is 64.9 Å². The van der Waals surface area contributed by atoms with Crippen molar-refractivity contribution >= 4 is 23.8 Å². The summed E-state index contributed by atoms with van der Waals surface area (Å²) < 4.78 is 5.18. The van der Waals surface area contributed by atoms with Gasteiger partial charge in [0, 0.05) is 13.1 Å². The van der Waals surface area contributed by atoms with Crippen LogP contribution >= 0.6 is 0 Å². The highest BCUT2D eigenvalue weighted by atomic mass is 16.5. The molecule has 4 amide bonds. The van der Waals surface area contributed by atoms with E-state index >= 15 is 0 Å². The second-order valence-corrected chi connectivity index (χ2v) is 7.95. The van der Waals surface area contributed by atoms with Gasteiger partial charge < -0.3 is 15.0 Å². The van der Waals surface area contributed by atoms with Crippen LogP contribution in [0.2, 0.25) is 0 Å². The predicted octanol–water partition coefficient (Wildman–Crippen LogP) is 1.57. The van der Waals surface area contributed by atoms with Gasteiger partial charge in [-0.25, -0.2) is 4.79 Å². The van der Waals surface area contributed by atoms with Gasteiger partial charge in [-0.1, -0.05) is 32.1 Å². The molecule has 0 aromatic heterocycles. The summed E-state index contributed by atoms with van der Waals surface area (Å²) in [7, 11) is 1.62. The van der Waals surface area contributed by atoms with Crippen LogP contribution in [0.4, 0.5) is 4.79 Å². The van der Waals surface area contributed by atoms with Crippen molar-refractivity contribution in [1.82, 2.24) is 15.1 Å². The molecule has 3 rings (SSSR count). The van der Waals surface area contributed by atoms with Crippen molar-refractivity contribution in [1.29, 1.82) is 0 Å². The first-order valence-electron chi connectivity index (χ1n) is 9.95. The summed E-state index contributed by atoms with van der Waals surface area (Å²) >= 11 is 0. The van der Waals surface area contributed by atoms with Crippen LogP contribution in [0, 0.1) is 0 Å². The predicted molar refractivity (Wildman–Crippen MR) is 96.6 cm³/mol. The third-order valence-corrected chi connectivity index (χ3v) is 6.15. The van der Waals surface area contributed by atoms with Crippen molar-refractivity contribution in [2.45, 2.75) is 82.4 Å². The van der Waals surface area contributed by atoms with Crippen LogP contribution in [0.1, 0.15) is 64.7 Å². The number of ether oxygens (including phenoxy) is 1. The molecule has 2 saturated carbocycles. The summed E-state index contributed by atoms with van der Waals surface area (Å²) in [5, 5.41) is 2.88. The van der Waals surface area contributed by atoms with Crippen LogP contribution in [0.5, 0.6) is 0 Å². The number of nitrogens with zero attached hydrogens (tertiary/aromatic N) is 2. The van der Waals surface area contributed by atoms with Crippen LogP contribution < -0.4 is 5.32 Å². The Morgan fingerprint density at radius 3 is 2.41 bits per heavy atom. The largest absolute Gasteiger partial charge is 0.451 e. The van der Waals surface area contributed by atoms with E-state index in [-0.39, 0.29) is 17.9 Å². The Morgan fingerprint density at radius 1 is 1.15 bits per heavy atom. The van der Waals surface area contributed by atoms with Gasteiger partial charge in [-0.3, -0.25) is 19.3 Å². The fourth-order valence-electron chi connectivity index (χ4n) is 4.48. The number of hydrogen-bond donors (Lipinski definition) is 1. The summed E-state index contributed by atoms with van der Waals surface area (Å²) in [6.07, 6.45) is 7.19. The first kappa shape index (κ1) is 19.6. The quantitative estimate of drug-likeness (QED) is 0.578. The van der Waals surface area contributed by atoms with Gasteiger partial charge >= 0.3 is 12.0 Å². The molecule has 8 heteroatoms. The number of carbonyl (C=O) groups is 4. The van der Waals surface area contributed by atoms with Gasteiger partial charge in [0.2, 0.25) is 0 Å². The first-order chi connectivity index (χ1) is 12.8. The Hall–Kier alpha value is -2.12. The SMILES string of the molecule is CC(OC(=O)CN1C(=O)N(C)C2(CCCCC2)C1=O)C(=O)NC1CCCC1. The molecule has 1 heterocycles. The molecule has 1 aliphatic heterocycles. The number of imide groups is 1. The van der Waals surface area contributed by atoms with Gasteiger partial charge in [0.15, 0.2) is 6.10 Å². The second-order valence-electron chi connectivity index (χ2n) is 7.95. The molecule has 0 radical (unpaired) electrons. The maximum atomic E-state index is 12.9. The Bertz CT molecular complexity index is 623. The zero-order valence-corrected chi connectivity index (χ0v) is 16.2. The van der Waals surface area contributed by atoms with Crippen molar-refractivity contribution in [3.63, 3.8) is 0 Å². The van der Waals surface area contributed by atoms with Crippen molar-refractivity contribution in [2.24, 2.45) is 0 Å². The molecule has 1 N–H and O–H groups in total. The molecule has 27 heavy (non-hydrogen) atoms. The molecular weight excluding hydrogens is 350 g/mol. The zero-order chi connectivity index (χ0) is 19.6. The maximum absolute atomic E-state index is 12.9. The van der Waals surface area contributed by atoms with E-state index in [1.54, 1.807) is 7.05 Å². The monoisotopic (exact) mass is 379 g/mol. The maximum Gasteiger partial charge on any atom is 0.327 e. The Kier molecular flexibility index (Phi) is 5.72. The van der Waals surface area contributed by atoms with E-state index in [2.05, 4.69) is 5.32 Å². The van der Waals surface area contributed by atoms with Crippen LogP contribution in [0.15, 0.2) is 0 Å². The van der Waals surface area contributed by atoms with Crippen molar-refractivity contribution < 1.29 is 23.9 Å². The average molecular weight is 379 g/mol. The van der Waals surface area contributed by atoms with E-state index in [0.29, 0.717) is 12.8 Å². The molecule has 1 atom stereocenters. The fourth-order valence-corrected chi connectivity index (χ4v) is 4.48. The molecule has 3 fully saturated rings. The minimum Gasteiger partial charge on any atom is -0.451 e. The lowest BCUT2D eigenvalue weighted by atomic mass is 9.81. The van der Waals surface area contributed by atoms with Gasteiger partial charge in [-0.05, 0) is 32.6 Å². The lowest BCUT2D eigenvalue weighted by Crippen LogP contribution is -2.49. The van der Waals surface area contributed by atoms with Crippen LogP contribution in [0.3, 0.4) is 0 Å². The average Bonchev–Trinajstić information content (AvgIpc) is 3.22. The molecule has 2 aliphatic carbocycles. The Balaban J connectivity index is 1.56. The number of urea groups is 1. The highest BCUT2D eigenvalue weighted by molar-refractivity contribution is 6.08. The molecule has 0 bridgehead atoms. The van der Waals surface area contributed by atoms with E-state index in [9.17, 15) is 19.2 Å². The third kappa shape index (κ3) is 3.80. The fraction of sp³-hybridized carbons (Fsp3) is 0.789. The topological polar surface area (TPSA) is 96.0 Å². The number of hydrogen-bond acceptors (Lipinski definition) is 5. The summed E-state index contributed by atoms with van der Waals surface area (Å²) in [6.45, 7) is 1.05. The highest BCUT2D eigenvalue weighted by Crippen LogP contribution is 2.39. The molecule has 0 aromatic rings. The molecule has 1 unspecified atom stereocenters. The smallest absolute Gasteiger partial charge is 0.327 e. The Labute approximate surface area is 159 Å². The van der Waals surface area contributed by atoms with E-state index in [4.69, 9.17) is 4.74 Å². The summed E-state index contributed by atoms with van der Waals surface area (Å²) in [5.74, 6) is -1.41. The molecule has 1 saturated heterocycles. The minimum absolute atomic E-state index is 0.139. The van der Waals surface area contributed by atoms with Crippen LogP contribution in [0.25, 0.3) is 0 Å². The number of likely N-dealkylation sites (N-methyl/N-ethyl adjacent to an activating group) is 1. The van der Waals surface area contributed by atoms with Crippen LogP contribution in [-0.2, 0) is 19.1 Å². The lowest BCUT2D eigenvalue weighted by molar-refractivity contribution is -0.157. The molecule has 0 aromatic carbocycles. The number of amides is 4. The van der Waals surface area contributed by atoms with Gasteiger partial charge in [-0.2, -0.15) is 0 Å². The number of carbonyl (C=O) groups excluding carboxylic acids is 4. The van der Waals surface area contributed by atoms with Crippen molar-refractivity contribution in [3.8, 4) is 0 Å². The molecular formula is C19H29N3O5. The summed E-state index contributed by atoms with van der Waals surface area (Å²) in [6, 6.07) is -0.331. The molecule has 8 nitrogen and oxygen atoms in total. The van der Waals surface area contributed by atoms with Gasteiger partial charge in [0.25, 0.3) is 11.8 Å². The van der Waals surface area contributed by atoms with E-state index < -0.39 is 30.2 Å². The number of rotatable bonds is 5. The van der Waals surface area contributed by atoms with Gasteiger partial charge in [0.05, 0.1) is 0 Å². The highest BCUT2D eigenvalue weighted by Gasteiger charge is 2.56. The molecule has 3 aliphatic rings. The second kappa shape index (κ2) is 7.86. The molecule has 1 spiro atoms. The standard InChI is InChI=1S/C19H29N3O5/c1-13(16(24)20-14-8-4-5-9-14)27-15(23)12-22-17(25)19(21(2)18(22)26)10-6-3-7-11-19/h13-14H,3-12H2,1-2H3,(H,20,24). The lowest BCUT2D eigenvalue weighted by Gasteiger charge is -2.35. The van der Waals surface area contributed by atoms with E-state index in [1.807, 2.05) is 0 Å². The van der Waals surface area contributed by atoms with E-state index in [0.717, 1.165) is 49.8 Å². The van der Waals surface area contributed by atoms with E-state index in [1.165, 1.54) is 11.8 Å². The minimum atomic E-state index is -0.952. The van der Waals surface area contributed by atoms with Gasteiger partial charge in [-0.15, -0.1) is 0 Å².